The SMILES string of the molecule is CC(C)OC(=O)c1cccc(NC(=O)c2csc(NC(=O)CCc3ccccc3)n2)c1. The van der Waals surface area contributed by atoms with Gasteiger partial charge >= 0.3 is 5.97 Å². The molecule has 3 rings (SSSR count). The number of nitrogens with one attached hydrogen (secondary N) is 2. The minimum Gasteiger partial charge on any atom is -0.459 e. The van der Waals surface area contributed by atoms with E-state index < -0.39 is 11.9 Å². The van der Waals surface area contributed by atoms with Gasteiger partial charge in [-0.3, -0.25) is 9.59 Å². The highest BCUT2D eigenvalue weighted by Crippen LogP contribution is 2.18. The van der Waals surface area contributed by atoms with Gasteiger partial charge in [0.2, 0.25) is 5.91 Å². The van der Waals surface area contributed by atoms with E-state index in [9.17, 15) is 14.4 Å². The maximum atomic E-state index is 12.5. The third-order valence-electron chi connectivity index (χ3n) is 4.17. The van der Waals surface area contributed by atoms with Gasteiger partial charge in [-0.2, -0.15) is 0 Å². The molecule has 0 atom stereocenters. The van der Waals surface area contributed by atoms with Crippen LogP contribution in [0.5, 0.6) is 0 Å². The summed E-state index contributed by atoms with van der Waals surface area (Å²) in [7, 11) is 0. The standard InChI is InChI=1S/C23H23N3O4S/c1-15(2)30-22(29)17-9-6-10-18(13-17)24-21(28)19-14-31-23(25-19)26-20(27)12-11-16-7-4-3-5-8-16/h3-10,13-15H,11-12H2,1-2H3,(H,24,28)(H,25,26,27). The van der Waals surface area contributed by atoms with Crippen molar-refractivity contribution in [1.29, 1.82) is 0 Å². The molecule has 1 aromatic heterocycles. The molecule has 0 saturated carbocycles. The first kappa shape index (κ1) is 22.2. The van der Waals surface area contributed by atoms with Crippen LogP contribution in [0.15, 0.2) is 60.0 Å². The van der Waals surface area contributed by atoms with Crippen molar-refractivity contribution in [2.75, 3.05) is 10.6 Å². The van der Waals surface area contributed by atoms with Gasteiger partial charge in [0.05, 0.1) is 11.7 Å². The van der Waals surface area contributed by atoms with Gasteiger partial charge in [-0.15, -0.1) is 11.3 Å². The molecule has 0 saturated heterocycles. The summed E-state index contributed by atoms with van der Waals surface area (Å²) < 4.78 is 5.17. The van der Waals surface area contributed by atoms with Crippen LogP contribution in [-0.2, 0) is 16.0 Å². The molecule has 7 nitrogen and oxygen atoms in total. The fourth-order valence-electron chi connectivity index (χ4n) is 2.72. The average Bonchev–Trinajstić information content (AvgIpc) is 3.21. The Morgan fingerprint density at radius 1 is 1.03 bits per heavy atom. The number of hydrogen-bond donors (Lipinski definition) is 2. The second-order valence-electron chi connectivity index (χ2n) is 7.06. The van der Waals surface area contributed by atoms with Crippen molar-refractivity contribution in [1.82, 2.24) is 4.98 Å². The molecule has 0 aliphatic rings. The maximum Gasteiger partial charge on any atom is 0.338 e. The number of anilines is 2. The summed E-state index contributed by atoms with van der Waals surface area (Å²) in [6, 6.07) is 16.2. The Bertz CT molecular complexity index is 1060. The number of carbonyl (C=O) groups excluding carboxylic acids is 3. The smallest absolute Gasteiger partial charge is 0.338 e. The van der Waals surface area contributed by atoms with Crippen LogP contribution >= 0.6 is 11.3 Å². The zero-order valence-electron chi connectivity index (χ0n) is 17.3. The van der Waals surface area contributed by atoms with Crippen molar-refractivity contribution in [2.24, 2.45) is 0 Å². The molecule has 2 N–H and O–H groups in total. The number of ether oxygens (including phenoxy) is 1. The molecule has 1 heterocycles. The zero-order chi connectivity index (χ0) is 22.2. The Hall–Kier alpha value is -3.52. The Morgan fingerprint density at radius 3 is 2.55 bits per heavy atom. The van der Waals surface area contributed by atoms with Crippen LogP contribution in [0.2, 0.25) is 0 Å². The number of esters is 1. The fraction of sp³-hybridized carbons (Fsp3) is 0.217. The van der Waals surface area contributed by atoms with Crippen LogP contribution < -0.4 is 10.6 Å². The summed E-state index contributed by atoms with van der Waals surface area (Å²) in [6.45, 7) is 3.54. The van der Waals surface area contributed by atoms with Gasteiger partial charge in [-0.1, -0.05) is 36.4 Å². The highest BCUT2D eigenvalue weighted by Gasteiger charge is 2.15. The van der Waals surface area contributed by atoms with Crippen molar-refractivity contribution in [2.45, 2.75) is 32.8 Å². The lowest BCUT2D eigenvalue weighted by atomic mass is 10.1. The molecule has 2 amide bonds. The second kappa shape index (κ2) is 10.5. The van der Waals surface area contributed by atoms with E-state index in [0.29, 0.717) is 29.2 Å². The summed E-state index contributed by atoms with van der Waals surface area (Å²) in [5, 5.41) is 7.35. The lowest BCUT2D eigenvalue weighted by Crippen LogP contribution is -2.15. The predicted octanol–water partition coefficient (Wildman–Crippen LogP) is 4.53. The van der Waals surface area contributed by atoms with E-state index in [1.165, 1.54) is 11.3 Å². The van der Waals surface area contributed by atoms with Gasteiger partial charge in [0.15, 0.2) is 5.13 Å². The van der Waals surface area contributed by atoms with E-state index in [0.717, 1.165) is 5.56 Å². The monoisotopic (exact) mass is 437 g/mol. The minimum absolute atomic E-state index is 0.165. The van der Waals surface area contributed by atoms with Gasteiger partial charge in [-0.25, -0.2) is 9.78 Å². The van der Waals surface area contributed by atoms with Crippen LogP contribution in [0, 0.1) is 0 Å². The number of thiazole rings is 1. The Morgan fingerprint density at radius 2 is 1.81 bits per heavy atom. The van der Waals surface area contributed by atoms with Crippen molar-refractivity contribution in [3.8, 4) is 0 Å². The van der Waals surface area contributed by atoms with Crippen molar-refractivity contribution < 1.29 is 19.1 Å². The zero-order valence-corrected chi connectivity index (χ0v) is 18.1. The normalized spacial score (nSPS) is 10.5. The highest BCUT2D eigenvalue weighted by molar-refractivity contribution is 7.14. The summed E-state index contributed by atoms with van der Waals surface area (Å²) in [4.78, 5) is 40.8. The third kappa shape index (κ3) is 6.75. The minimum atomic E-state index is -0.458. The first-order valence-electron chi connectivity index (χ1n) is 9.82. The number of aromatic nitrogens is 1. The molecule has 2 aromatic carbocycles. The van der Waals surface area contributed by atoms with Gasteiger partial charge < -0.3 is 15.4 Å². The lowest BCUT2D eigenvalue weighted by Gasteiger charge is -2.09. The molecule has 8 heteroatoms. The van der Waals surface area contributed by atoms with E-state index in [1.54, 1.807) is 43.5 Å². The average molecular weight is 438 g/mol. The second-order valence-corrected chi connectivity index (χ2v) is 7.92. The molecular weight excluding hydrogens is 414 g/mol. The molecule has 0 aliphatic heterocycles. The molecule has 0 aliphatic carbocycles. The Labute approximate surface area is 184 Å². The molecule has 0 bridgehead atoms. The summed E-state index contributed by atoms with van der Waals surface area (Å²) in [5.41, 5.74) is 2.05. The number of hydrogen-bond acceptors (Lipinski definition) is 6. The van der Waals surface area contributed by atoms with Crippen LogP contribution in [0.3, 0.4) is 0 Å². The van der Waals surface area contributed by atoms with Crippen molar-refractivity contribution in [3.63, 3.8) is 0 Å². The van der Waals surface area contributed by atoms with Crippen LogP contribution in [0.4, 0.5) is 10.8 Å². The topological polar surface area (TPSA) is 97.4 Å². The maximum absolute atomic E-state index is 12.5. The van der Waals surface area contributed by atoms with Gasteiger partial charge in [0.1, 0.15) is 5.69 Å². The van der Waals surface area contributed by atoms with Crippen molar-refractivity contribution in [3.05, 3.63) is 76.8 Å². The lowest BCUT2D eigenvalue weighted by molar-refractivity contribution is -0.116. The number of aryl methyl sites for hydroxylation is 1. The first-order valence-corrected chi connectivity index (χ1v) is 10.7. The van der Waals surface area contributed by atoms with E-state index in [1.807, 2.05) is 30.3 Å². The van der Waals surface area contributed by atoms with E-state index in [2.05, 4.69) is 15.6 Å². The summed E-state index contributed by atoms with van der Waals surface area (Å²) in [6.07, 6.45) is 0.716. The van der Waals surface area contributed by atoms with E-state index in [4.69, 9.17) is 4.74 Å². The molecule has 160 valence electrons. The molecule has 0 fully saturated rings. The van der Waals surface area contributed by atoms with Gasteiger partial charge in [-0.05, 0) is 44.0 Å². The quantitative estimate of drug-likeness (QED) is 0.505. The predicted molar refractivity (Wildman–Crippen MR) is 120 cm³/mol. The summed E-state index contributed by atoms with van der Waals surface area (Å²) in [5.74, 6) is -1.06. The van der Waals surface area contributed by atoms with E-state index in [-0.39, 0.29) is 17.7 Å². The Balaban J connectivity index is 1.55. The molecule has 0 unspecified atom stereocenters. The van der Waals surface area contributed by atoms with Gasteiger partial charge in [0.25, 0.3) is 5.91 Å². The van der Waals surface area contributed by atoms with Crippen LogP contribution in [0.1, 0.15) is 46.7 Å². The number of amides is 2. The first-order chi connectivity index (χ1) is 14.9. The highest BCUT2D eigenvalue weighted by atomic mass is 32.1. The number of nitrogens with zero attached hydrogens (tertiary/aromatic N) is 1. The van der Waals surface area contributed by atoms with Crippen LogP contribution in [0.25, 0.3) is 0 Å². The van der Waals surface area contributed by atoms with Crippen LogP contribution in [-0.4, -0.2) is 28.9 Å². The fourth-order valence-corrected chi connectivity index (χ4v) is 3.43. The molecule has 31 heavy (non-hydrogen) atoms. The number of benzene rings is 2. The molecule has 3 aromatic rings. The Kier molecular flexibility index (Phi) is 7.50. The largest absolute Gasteiger partial charge is 0.459 e. The summed E-state index contributed by atoms with van der Waals surface area (Å²) >= 11 is 1.18. The third-order valence-corrected chi connectivity index (χ3v) is 4.92. The van der Waals surface area contributed by atoms with Gasteiger partial charge in [0, 0.05) is 17.5 Å². The molecule has 0 radical (unpaired) electrons. The molecule has 0 spiro atoms. The van der Waals surface area contributed by atoms with Crippen molar-refractivity contribution >= 4 is 39.9 Å². The van der Waals surface area contributed by atoms with E-state index >= 15 is 0 Å². The number of rotatable bonds is 8. The molecular formula is C23H23N3O4S. The number of carbonyl (C=O) groups is 3.